The van der Waals surface area contributed by atoms with Gasteiger partial charge in [-0.2, -0.15) is 26.3 Å². The second-order valence-electron chi connectivity index (χ2n) is 7.64. The van der Waals surface area contributed by atoms with Gasteiger partial charge < -0.3 is 10.2 Å². The topological polar surface area (TPSA) is 62.3 Å². The Labute approximate surface area is 208 Å². The number of pyridine rings is 1. The number of alkyl halides is 6. The lowest BCUT2D eigenvalue weighted by Crippen LogP contribution is -2.33. The molecule has 0 unspecified atom stereocenters. The Morgan fingerprint density at radius 3 is 2.24 bits per heavy atom. The van der Waals surface area contributed by atoms with E-state index in [1.807, 2.05) is 0 Å². The van der Waals surface area contributed by atoms with Gasteiger partial charge in [0, 0.05) is 18.1 Å². The molecule has 2 aromatic carbocycles. The quantitative estimate of drug-likeness (QED) is 0.363. The molecule has 1 aromatic heterocycles. The van der Waals surface area contributed by atoms with Crippen LogP contribution in [0.15, 0.2) is 73.1 Å². The molecule has 1 N–H and O–H groups in total. The van der Waals surface area contributed by atoms with Gasteiger partial charge in [-0.25, -0.2) is 0 Å². The summed E-state index contributed by atoms with van der Waals surface area (Å²) in [5.41, 5.74) is -2.93. The summed E-state index contributed by atoms with van der Waals surface area (Å²) in [6.45, 7) is -0.296. The molecule has 3 rings (SSSR count). The number of rotatable bonds is 6. The van der Waals surface area contributed by atoms with E-state index in [1.165, 1.54) is 12.4 Å². The first kappa shape index (κ1) is 27.3. The molecule has 0 spiro atoms. The molecule has 0 atom stereocenters. The monoisotopic (exact) mass is 519 g/mol. The molecule has 5 nitrogen and oxygen atoms in total. The first-order chi connectivity index (χ1) is 17.5. The normalized spacial score (nSPS) is 11.3. The molecule has 0 saturated carbocycles. The van der Waals surface area contributed by atoms with E-state index >= 15 is 0 Å². The van der Waals surface area contributed by atoms with Gasteiger partial charge in [-0.3, -0.25) is 14.6 Å². The van der Waals surface area contributed by atoms with Crippen LogP contribution in [0.25, 0.3) is 0 Å². The van der Waals surface area contributed by atoms with E-state index in [1.54, 1.807) is 42.5 Å². The van der Waals surface area contributed by atoms with Crippen molar-refractivity contribution in [3.05, 3.63) is 95.3 Å². The molecule has 192 valence electrons. The Balaban J connectivity index is 1.78. The number of hydrogen-bond donors (Lipinski definition) is 1. The maximum Gasteiger partial charge on any atom is 0.416 e. The molecular weight excluding hydrogens is 500 g/mol. The van der Waals surface area contributed by atoms with E-state index in [4.69, 9.17) is 0 Å². The molecular formula is C26H19F6N3O2. The number of amides is 2. The number of carbonyl (C=O) groups is 2. The van der Waals surface area contributed by atoms with Gasteiger partial charge in [0.1, 0.15) is 0 Å². The lowest BCUT2D eigenvalue weighted by Gasteiger charge is -2.22. The highest BCUT2D eigenvalue weighted by Crippen LogP contribution is 2.37. The van der Waals surface area contributed by atoms with Crippen LogP contribution < -0.4 is 10.2 Å². The van der Waals surface area contributed by atoms with Crippen LogP contribution in [0.4, 0.5) is 32.0 Å². The molecule has 2 amide bonds. The zero-order chi connectivity index (χ0) is 27.1. The Bertz CT molecular complexity index is 1300. The van der Waals surface area contributed by atoms with Crippen LogP contribution in [0.3, 0.4) is 0 Å². The minimum Gasteiger partial charge on any atom is -0.341 e. The van der Waals surface area contributed by atoms with Gasteiger partial charge in [0.15, 0.2) is 0 Å². The number of anilines is 1. The SMILES string of the molecule is O=C(NCC#CCN(C(=O)Cc1ccc(C(F)(F)F)cc1C(F)(F)F)c1ccccc1)c1cccnc1. The van der Waals surface area contributed by atoms with E-state index in [0.717, 1.165) is 4.90 Å². The molecule has 3 aromatic rings. The van der Waals surface area contributed by atoms with Crippen molar-refractivity contribution >= 4 is 17.5 Å². The van der Waals surface area contributed by atoms with E-state index in [9.17, 15) is 35.9 Å². The van der Waals surface area contributed by atoms with E-state index < -0.39 is 47.3 Å². The zero-order valence-electron chi connectivity index (χ0n) is 19.0. The first-order valence-electron chi connectivity index (χ1n) is 10.7. The van der Waals surface area contributed by atoms with Gasteiger partial charge in [0.25, 0.3) is 5.91 Å². The highest BCUT2D eigenvalue weighted by molar-refractivity contribution is 5.95. The van der Waals surface area contributed by atoms with E-state index in [-0.39, 0.29) is 19.2 Å². The minimum atomic E-state index is -5.10. The molecule has 1 heterocycles. The van der Waals surface area contributed by atoms with Crippen molar-refractivity contribution in [1.82, 2.24) is 10.3 Å². The highest BCUT2D eigenvalue weighted by atomic mass is 19.4. The number of para-hydroxylation sites is 1. The molecule has 0 fully saturated rings. The van der Waals surface area contributed by atoms with Crippen LogP contribution in [-0.2, 0) is 23.6 Å². The average Bonchev–Trinajstić information content (AvgIpc) is 2.86. The molecule has 0 aliphatic carbocycles. The van der Waals surface area contributed by atoms with Gasteiger partial charge in [0.05, 0.1) is 36.2 Å². The fraction of sp³-hybridized carbons (Fsp3) is 0.192. The van der Waals surface area contributed by atoms with Crippen LogP contribution in [-0.4, -0.2) is 29.9 Å². The van der Waals surface area contributed by atoms with Crippen LogP contribution in [0.2, 0.25) is 0 Å². The summed E-state index contributed by atoms with van der Waals surface area (Å²) >= 11 is 0. The van der Waals surface area contributed by atoms with Crippen molar-refractivity contribution in [2.75, 3.05) is 18.0 Å². The lowest BCUT2D eigenvalue weighted by atomic mass is 10.00. The Morgan fingerprint density at radius 2 is 1.62 bits per heavy atom. The Kier molecular flexibility index (Phi) is 8.55. The second-order valence-corrected chi connectivity index (χ2v) is 7.64. The van der Waals surface area contributed by atoms with Crippen molar-refractivity contribution in [1.29, 1.82) is 0 Å². The highest BCUT2D eigenvalue weighted by Gasteiger charge is 2.38. The lowest BCUT2D eigenvalue weighted by molar-refractivity contribution is -0.143. The average molecular weight is 519 g/mol. The van der Waals surface area contributed by atoms with Crippen molar-refractivity contribution < 1.29 is 35.9 Å². The molecule has 0 aliphatic rings. The van der Waals surface area contributed by atoms with Gasteiger partial charge in [-0.15, -0.1) is 0 Å². The number of halogens is 6. The first-order valence-corrected chi connectivity index (χ1v) is 10.7. The summed E-state index contributed by atoms with van der Waals surface area (Å²) in [6, 6.07) is 12.3. The third kappa shape index (κ3) is 7.57. The second kappa shape index (κ2) is 11.6. The minimum absolute atomic E-state index is 0.000211. The van der Waals surface area contributed by atoms with Gasteiger partial charge in [-0.05, 0) is 42.0 Å². The predicted octanol–water partition coefficient (Wildman–Crippen LogP) is 5.13. The number of aromatic nitrogens is 1. The largest absolute Gasteiger partial charge is 0.416 e. The number of nitrogens with zero attached hydrogens (tertiary/aromatic N) is 2. The van der Waals surface area contributed by atoms with Crippen LogP contribution in [0, 0.1) is 11.8 Å². The molecule has 0 aliphatic heterocycles. The summed E-state index contributed by atoms with van der Waals surface area (Å²) in [6.07, 6.45) is -7.99. The number of carbonyl (C=O) groups excluding carboxylic acids is 2. The number of hydrogen-bond acceptors (Lipinski definition) is 3. The smallest absolute Gasteiger partial charge is 0.341 e. The fourth-order valence-corrected chi connectivity index (χ4v) is 3.28. The Hall–Kier alpha value is -4.33. The van der Waals surface area contributed by atoms with Crippen molar-refractivity contribution in [3.8, 4) is 11.8 Å². The predicted molar refractivity (Wildman–Crippen MR) is 123 cm³/mol. The van der Waals surface area contributed by atoms with E-state index in [2.05, 4.69) is 22.1 Å². The van der Waals surface area contributed by atoms with Crippen molar-refractivity contribution in [2.24, 2.45) is 0 Å². The Morgan fingerprint density at radius 1 is 0.892 bits per heavy atom. The van der Waals surface area contributed by atoms with Gasteiger partial charge in [-0.1, -0.05) is 36.1 Å². The third-order valence-corrected chi connectivity index (χ3v) is 5.08. The molecule has 37 heavy (non-hydrogen) atoms. The summed E-state index contributed by atoms with van der Waals surface area (Å²) in [4.78, 5) is 30.0. The summed E-state index contributed by atoms with van der Waals surface area (Å²) < 4.78 is 79.4. The van der Waals surface area contributed by atoms with Gasteiger partial charge >= 0.3 is 12.4 Å². The van der Waals surface area contributed by atoms with Crippen LogP contribution in [0.1, 0.15) is 27.0 Å². The maximum atomic E-state index is 13.5. The standard InChI is InChI=1S/C26H19F6N3O2/c27-25(28,29)20-11-10-18(22(16-20)26(30,31)32)15-23(36)35(21-8-2-1-3-9-21)14-5-4-13-34-24(37)19-7-6-12-33-17-19/h1-3,6-12,16-17H,13-15H2,(H,34,37). The van der Waals surface area contributed by atoms with Crippen molar-refractivity contribution in [2.45, 2.75) is 18.8 Å². The number of benzene rings is 2. The van der Waals surface area contributed by atoms with Crippen LogP contribution in [0.5, 0.6) is 0 Å². The maximum absolute atomic E-state index is 13.5. The molecule has 0 radical (unpaired) electrons. The number of nitrogens with one attached hydrogen (secondary N) is 1. The summed E-state index contributed by atoms with van der Waals surface area (Å²) in [5, 5.41) is 2.55. The zero-order valence-corrected chi connectivity index (χ0v) is 19.0. The van der Waals surface area contributed by atoms with E-state index in [0.29, 0.717) is 23.4 Å². The van der Waals surface area contributed by atoms with Crippen LogP contribution >= 0.6 is 0 Å². The van der Waals surface area contributed by atoms with Crippen molar-refractivity contribution in [3.63, 3.8) is 0 Å². The third-order valence-electron chi connectivity index (χ3n) is 5.08. The summed E-state index contributed by atoms with van der Waals surface area (Å²) in [7, 11) is 0. The fourth-order valence-electron chi connectivity index (χ4n) is 3.28. The van der Waals surface area contributed by atoms with Gasteiger partial charge in [0.2, 0.25) is 5.91 Å². The molecule has 0 saturated heterocycles. The molecule has 11 heteroatoms. The summed E-state index contributed by atoms with van der Waals surface area (Å²) in [5.74, 6) is 4.13. The molecule has 0 bridgehead atoms.